The van der Waals surface area contributed by atoms with Crippen molar-refractivity contribution in [1.82, 2.24) is 9.78 Å². The van der Waals surface area contributed by atoms with E-state index in [1.54, 1.807) is 54.6 Å². The Hall–Kier alpha value is -3.93. The van der Waals surface area contributed by atoms with Gasteiger partial charge in [0.05, 0.1) is 23.9 Å². The third kappa shape index (κ3) is 3.12. The molecule has 0 aliphatic heterocycles. The maximum Gasteiger partial charge on any atom is 0.279 e. The Kier molecular flexibility index (Phi) is 4.60. The Bertz CT molecular complexity index is 1220. The number of hydrogen-bond acceptors (Lipinski definition) is 4. The number of methoxy groups -OCH3 is 1. The van der Waals surface area contributed by atoms with E-state index in [1.165, 1.54) is 11.8 Å². The number of carbonyl (C=O) groups excluding carboxylic acids is 1. The first-order valence-corrected chi connectivity index (χ1v) is 8.71. The Balaban J connectivity index is 1.87. The van der Waals surface area contributed by atoms with Gasteiger partial charge in [0.1, 0.15) is 5.75 Å². The molecular weight excluding hydrogens is 354 g/mol. The van der Waals surface area contributed by atoms with Gasteiger partial charge in [-0.25, -0.2) is 0 Å². The predicted octanol–water partition coefficient (Wildman–Crippen LogP) is 3.65. The van der Waals surface area contributed by atoms with E-state index in [2.05, 4.69) is 10.4 Å². The van der Waals surface area contributed by atoms with E-state index < -0.39 is 5.91 Å². The summed E-state index contributed by atoms with van der Waals surface area (Å²) in [6.45, 7) is 0. The predicted molar refractivity (Wildman–Crippen MR) is 108 cm³/mol. The van der Waals surface area contributed by atoms with Gasteiger partial charge in [-0.2, -0.15) is 9.78 Å². The molecule has 4 rings (SSSR count). The van der Waals surface area contributed by atoms with Crippen molar-refractivity contribution in [3.8, 4) is 11.4 Å². The summed E-state index contributed by atoms with van der Waals surface area (Å²) in [6, 6.07) is 23.1. The SMILES string of the molecule is COc1ccccc1NC(=O)c1nn(-c2ccccc2)c(=O)c2ccccc12. The van der Waals surface area contributed by atoms with Crippen molar-refractivity contribution in [2.45, 2.75) is 0 Å². The molecule has 0 spiro atoms. The first-order valence-electron chi connectivity index (χ1n) is 8.71. The first kappa shape index (κ1) is 17.5. The highest BCUT2D eigenvalue weighted by Crippen LogP contribution is 2.24. The molecule has 0 bridgehead atoms. The molecule has 1 heterocycles. The number of nitrogens with one attached hydrogen (secondary N) is 1. The van der Waals surface area contributed by atoms with Crippen molar-refractivity contribution in [2.24, 2.45) is 0 Å². The second-order valence-electron chi connectivity index (χ2n) is 6.10. The Morgan fingerprint density at radius 3 is 2.29 bits per heavy atom. The molecule has 28 heavy (non-hydrogen) atoms. The first-order chi connectivity index (χ1) is 13.7. The largest absolute Gasteiger partial charge is 0.495 e. The Morgan fingerprint density at radius 2 is 1.54 bits per heavy atom. The lowest BCUT2D eigenvalue weighted by molar-refractivity contribution is 0.102. The number of amides is 1. The molecule has 1 N–H and O–H groups in total. The number of hydrogen-bond donors (Lipinski definition) is 1. The van der Waals surface area contributed by atoms with Gasteiger partial charge in [0.2, 0.25) is 0 Å². The van der Waals surface area contributed by atoms with Crippen LogP contribution in [0.4, 0.5) is 5.69 Å². The van der Waals surface area contributed by atoms with Crippen LogP contribution in [-0.4, -0.2) is 22.8 Å². The van der Waals surface area contributed by atoms with Crippen molar-refractivity contribution in [1.29, 1.82) is 0 Å². The molecule has 1 aromatic heterocycles. The van der Waals surface area contributed by atoms with Crippen LogP contribution in [0.3, 0.4) is 0 Å². The van der Waals surface area contributed by atoms with Crippen LogP contribution in [0.25, 0.3) is 16.5 Å². The number of ether oxygens (including phenoxy) is 1. The number of para-hydroxylation sites is 3. The van der Waals surface area contributed by atoms with Crippen LogP contribution in [-0.2, 0) is 0 Å². The van der Waals surface area contributed by atoms with E-state index in [-0.39, 0.29) is 11.3 Å². The van der Waals surface area contributed by atoms with E-state index in [0.29, 0.717) is 27.9 Å². The lowest BCUT2D eigenvalue weighted by Crippen LogP contribution is -2.26. The molecule has 1 amide bonds. The third-order valence-electron chi connectivity index (χ3n) is 4.38. The van der Waals surface area contributed by atoms with Crippen LogP contribution in [0.2, 0.25) is 0 Å². The van der Waals surface area contributed by atoms with E-state index in [1.807, 2.05) is 24.3 Å². The topological polar surface area (TPSA) is 73.2 Å². The van der Waals surface area contributed by atoms with Crippen LogP contribution in [0, 0.1) is 0 Å². The van der Waals surface area contributed by atoms with Gasteiger partial charge < -0.3 is 10.1 Å². The maximum atomic E-state index is 13.0. The van der Waals surface area contributed by atoms with Crippen LogP contribution in [0.5, 0.6) is 5.75 Å². The van der Waals surface area contributed by atoms with Crippen LogP contribution in [0.1, 0.15) is 10.5 Å². The quantitative estimate of drug-likeness (QED) is 0.594. The summed E-state index contributed by atoms with van der Waals surface area (Å²) < 4.78 is 6.54. The number of nitrogens with zero attached hydrogens (tertiary/aromatic N) is 2. The van der Waals surface area contributed by atoms with Gasteiger partial charge in [0.15, 0.2) is 5.69 Å². The zero-order valence-electron chi connectivity index (χ0n) is 15.1. The Labute approximate surface area is 161 Å². The second-order valence-corrected chi connectivity index (χ2v) is 6.10. The highest BCUT2D eigenvalue weighted by molar-refractivity contribution is 6.11. The Morgan fingerprint density at radius 1 is 0.893 bits per heavy atom. The molecule has 0 saturated carbocycles. The standard InChI is InChI=1S/C22H17N3O3/c1-28-19-14-8-7-13-18(19)23-21(26)20-16-11-5-6-12-17(16)22(27)25(24-20)15-9-3-2-4-10-15/h2-14H,1H3,(H,23,26). The summed E-state index contributed by atoms with van der Waals surface area (Å²) in [5.41, 5.74) is 0.989. The van der Waals surface area contributed by atoms with Crippen molar-refractivity contribution < 1.29 is 9.53 Å². The van der Waals surface area contributed by atoms with Crippen molar-refractivity contribution in [3.63, 3.8) is 0 Å². The van der Waals surface area contributed by atoms with E-state index in [4.69, 9.17) is 4.74 Å². The van der Waals surface area contributed by atoms with Gasteiger partial charge in [-0.3, -0.25) is 9.59 Å². The minimum Gasteiger partial charge on any atom is -0.495 e. The summed E-state index contributed by atoms with van der Waals surface area (Å²) in [5, 5.41) is 8.12. The third-order valence-corrected chi connectivity index (χ3v) is 4.38. The number of anilines is 1. The number of fused-ring (bicyclic) bond motifs is 1. The van der Waals surface area contributed by atoms with Crippen molar-refractivity contribution in [2.75, 3.05) is 12.4 Å². The van der Waals surface area contributed by atoms with Gasteiger partial charge in [0, 0.05) is 5.39 Å². The molecule has 3 aromatic carbocycles. The second kappa shape index (κ2) is 7.36. The molecular formula is C22H17N3O3. The molecule has 6 nitrogen and oxygen atoms in total. The van der Waals surface area contributed by atoms with Crippen molar-refractivity contribution in [3.05, 3.63) is 94.9 Å². The molecule has 0 radical (unpaired) electrons. The van der Waals surface area contributed by atoms with Gasteiger partial charge >= 0.3 is 0 Å². The summed E-state index contributed by atoms with van der Waals surface area (Å²) in [7, 11) is 1.54. The molecule has 0 saturated heterocycles. The highest BCUT2D eigenvalue weighted by atomic mass is 16.5. The van der Waals surface area contributed by atoms with Crippen molar-refractivity contribution >= 4 is 22.4 Å². The fourth-order valence-electron chi connectivity index (χ4n) is 3.03. The maximum absolute atomic E-state index is 13.0. The minimum absolute atomic E-state index is 0.157. The molecule has 0 atom stereocenters. The van der Waals surface area contributed by atoms with E-state index in [0.717, 1.165) is 0 Å². The smallest absolute Gasteiger partial charge is 0.279 e. The van der Waals surface area contributed by atoms with Crippen LogP contribution in [0.15, 0.2) is 83.7 Å². The highest BCUT2D eigenvalue weighted by Gasteiger charge is 2.18. The van der Waals surface area contributed by atoms with Crippen LogP contribution < -0.4 is 15.6 Å². The summed E-state index contributed by atoms with van der Waals surface area (Å²) in [5.74, 6) is 0.113. The summed E-state index contributed by atoms with van der Waals surface area (Å²) in [4.78, 5) is 26.0. The molecule has 0 unspecified atom stereocenters. The minimum atomic E-state index is -0.426. The fourth-order valence-corrected chi connectivity index (χ4v) is 3.03. The van der Waals surface area contributed by atoms with Gasteiger partial charge in [0.25, 0.3) is 11.5 Å². The van der Waals surface area contributed by atoms with Gasteiger partial charge in [-0.15, -0.1) is 0 Å². The number of benzene rings is 3. The lowest BCUT2D eigenvalue weighted by Gasteiger charge is -2.13. The summed E-state index contributed by atoms with van der Waals surface area (Å²) in [6.07, 6.45) is 0. The fraction of sp³-hybridized carbons (Fsp3) is 0.0455. The number of rotatable bonds is 4. The average Bonchev–Trinajstić information content (AvgIpc) is 2.75. The number of carbonyl (C=O) groups is 1. The average molecular weight is 371 g/mol. The molecule has 0 fully saturated rings. The molecule has 138 valence electrons. The van der Waals surface area contributed by atoms with E-state index in [9.17, 15) is 9.59 Å². The summed E-state index contributed by atoms with van der Waals surface area (Å²) >= 11 is 0. The lowest BCUT2D eigenvalue weighted by atomic mass is 10.1. The number of aromatic nitrogens is 2. The van der Waals surface area contributed by atoms with Gasteiger partial charge in [-0.1, -0.05) is 48.5 Å². The zero-order chi connectivity index (χ0) is 19.5. The van der Waals surface area contributed by atoms with Gasteiger partial charge in [-0.05, 0) is 30.3 Å². The zero-order valence-corrected chi connectivity index (χ0v) is 15.1. The van der Waals surface area contributed by atoms with E-state index >= 15 is 0 Å². The monoisotopic (exact) mass is 371 g/mol. The molecule has 6 heteroatoms. The molecule has 0 aliphatic rings. The normalized spacial score (nSPS) is 10.6. The van der Waals surface area contributed by atoms with Crippen LogP contribution >= 0.6 is 0 Å². The molecule has 0 aliphatic carbocycles. The molecule has 4 aromatic rings.